The van der Waals surface area contributed by atoms with Crippen LogP contribution in [0.3, 0.4) is 0 Å². The third-order valence-corrected chi connectivity index (χ3v) is 2.53. The van der Waals surface area contributed by atoms with Crippen LogP contribution in [0.25, 0.3) is 0 Å². The van der Waals surface area contributed by atoms with Gasteiger partial charge in [0.2, 0.25) is 0 Å². The maximum atomic E-state index is 13.8. The molecule has 19 heavy (non-hydrogen) atoms. The maximum absolute atomic E-state index is 13.8. The highest BCUT2D eigenvalue weighted by molar-refractivity contribution is 5.31. The second kappa shape index (κ2) is 8.07. The van der Waals surface area contributed by atoms with E-state index in [0.717, 1.165) is 13.0 Å². The Balaban J connectivity index is 2.73. The average Bonchev–Trinajstić information content (AvgIpc) is 2.34. The number of methoxy groups -OCH3 is 1. The van der Waals surface area contributed by atoms with E-state index in [1.54, 1.807) is 6.92 Å². The Labute approximate surface area is 112 Å². The van der Waals surface area contributed by atoms with E-state index in [0.29, 0.717) is 12.1 Å². The number of nitrogens with one attached hydrogen (secondary N) is 1. The normalized spacial score (nSPS) is 12.5. The Hall–Kier alpha value is -1.20. The number of halogens is 2. The Bertz CT molecular complexity index is 376. The summed E-state index contributed by atoms with van der Waals surface area (Å²) in [6.45, 7) is 5.25. The summed E-state index contributed by atoms with van der Waals surface area (Å²) in [7, 11) is 1.51. The predicted octanol–water partition coefficient (Wildman–Crippen LogP) is 2.88. The number of ether oxygens (including phenoxy) is 2. The molecule has 5 heteroatoms. The largest absolute Gasteiger partial charge is 0.482 e. The Kier molecular flexibility index (Phi) is 6.73. The van der Waals surface area contributed by atoms with Gasteiger partial charge in [-0.2, -0.15) is 0 Å². The molecule has 0 amide bonds. The molecular weight excluding hydrogens is 252 g/mol. The van der Waals surface area contributed by atoms with Crippen LogP contribution >= 0.6 is 0 Å². The third kappa shape index (κ3) is 5.12. The van der Waals surface area contributed by atoms with Gasteiger partial charge < -0.3 is 14.8 Å². The highest BCUT2D eigenvalue weighted by Crippen LogP contribution is 2.24. The summed E-state index contributed by atoms with van der Waals surface area (Å²) in [6.07, 6.45) is 0.568. The molecule has 3 nitrogen and oxygen atoms in total. The molecule has 1 rings (SSSR count). The summed E-state index contributed by atoms with van der Waals surface area (Å²) in [5, 5.41) is 3.09. The number of rotatable bonds is 8. The topological polar surface area (TPSA) is 30.5 Å². The van der Waals surface area contributed by atoms with Crippen molar-refractivity contribution in [2.75, 3.05) is 20.3 Å². The molecule has 0 aromatic heterocycles. The first-order chi connectivity index (χ1) is 9.08. The molecule has 1 aromatic rings. The first-order valence-electron chi connectivity index (χ1n) is 6.42. The molecule has 0 aliphatic carbocycles. The molecule has 0 fully saturated rings. The van der Waals surface area contributed by atoms with Crippen LogP contribution in [0, 0.1) is 11.6 Å². The van der Waals surface area contributed by atoms with Gasteiger partial charge in [-0.15, -0.1) is 0 Å². The van der Waals surface area contributed by atoms with Gasteiger partial charge in [-0.1, -0.05) is 6.92 Å². The summed E-state index contributed by atoms with van der Waals surface area (Å²) in [4.78, 5) is 0. The van der Waals surface area contributed by atoms with E-state index in [-0.39, 0.29) is 12.4 Å². The molecular formula is C14H21F2NO2. The SMILES string of the molecule is CCCNCc1cc(F)c(OC(C)COC)c(F)c1. The van der Waals surface area contributed by atoms with Gasteiger partial charge in [0.15, 0.2) is 17.4 Å². The molecule has 0 spiro atoms. The first-order valence-corrected chi connectivity index (χ1v) is 6.42. The highest BCUT2D eigenvalue weighted by atomic mass is 19.1. The summed E-state index contributed by atoms with van der Waals surface area (Å²) < 4.78 is 37.6. The van der Waals surface area contributed by atoms with Crippen molar-refractivity contribution in [1.29, 1.82) is 0 Å². The van der Waals surface area contributed by atoms with Crippen LogP contribution < -0.4 is 10.1 Å². The van der Waals surface area contributed by atoms with Crippen LogP contribution in [0.15, 0.2) is 12.1 Å². The third-order valence-electron chi connectivity index (χ3n) is 2.53. The lowest BCUT2D eigenvalue weighted by Crippen LogP contribution is -2.20. The number of hydrogen-bond acceptors (Lipinski definition) is 3. The van der Waals surface area contributed by atoms with Gasteiger partial charge in [0.1, 0.15) is 6.10 Å². The zero-order valence-corrected chi connectivity index (χ0v) is 11.6. The highest BCUT2D eigenvalue weighted by Gasteiger charge is 2.15. The van der Waals surface area contributed by atoms with Crippen molar-refractivity contribution in [3.8, 4) is 5.75 Å². The fourth-order valence-electron chi connectivity index (χ4n) is 1.71. The van der Waals surface area contributed by atoms with Crippen molar-refractivity contribution < 1.29 is 18.3 Å². The molecule has 0 saturated heterocycles. The Morgan fingerprint density at radius 2 is 1.89 bits per heavy atom. The van der Waals surface area contributed by atoms with Crippen LogP contribution in [0.1, 0.15) is 25.8 Å². The van der Waals surface area contributed by atoms with Crippen molar-refractivity contribution in [3.05, 3.63) is 29.3 Å². The lowest BCUT2D eigenvalue weighted by molar-refractivity contribution is 0.0862. The van der Waals surface area contributed by atoms with E-state index >= 15 is 0 Å². The average molecular weight is 273 g/mol. The standard InChI is InChI=1S/C14H21F2NO2/c1-4-5-17-8-11-6-12(15)14(13(16)7-11)19-10(2)9-18-3/h6-7,10,17H,4-5,8-9H2,1-3H3. The van der Waals surface area contributed by atoms with Crippen molar-refractivity contribution >= 4 is 0 Å². The van der Waals surface area contributed by atoms with Gasteiger partial charge in [-0.05, 0) is 37.6 Å². The van der Waals surface area contributed by atoms with Crippen molar-refractivity contribution in [3.63, 3.8) is 0 Å². The smallest absolute Gasteiger partial charge is 0.191 e. The van der Waals surface area contributed by atoms with E-state index < -0.39 is 17.7 Å². The predicted molar refractivity (Wildman–Crippen MR) is 70.3 cm³/mol. The minimum absolute atomic E-state index is 0.276. The molecule has 0 aliphatic rings. The van der Waals surface area contributed by atoms with E-state index in [1.165, 1.54) is 19.2 Å². The molecule has 0 saturated carbocycles. The molecule has 1 atom stereocenters. The van der Waals surface area contributed by atoms with Gasteiger partial charge in [0.05, 0.1) is 6.61 Å². The summed E-state index contributed by atoms with van der Waals surface area (Å²) in [5.41, 5.74) is 0.565. The first kappa shape index (κ1) is 15.9. The molecule has 0 radical (unpaired) electrons. The summed E-state index contributed by atoms with van der Waals surface area (Å²) in [6, 6.07) is 2.58. The van der Waals surface area contributed by atoms with Gasteiger partial charge >= 0.3 is 0 Å². The molecule has 1 unspecified atom stereocenters. The monoisotopic (exact) mass is 273 g/mol. The van der Waals surface area contributed by atoms with Crippen molar-refractivity contribution in [2.45, 2.75) is 32.9 Å². The van der Waals surface area contributed by atoms with Crippen molar-refractivity contribution in [2.24, 2.45) is 0 Å². The lowest BCUT2D eigenvalue weighted by Gasteiger charge is -2.15. The van der Waals surface area contributed by atoms with E-state index in [2.05, 4.69) is 5.32 Å². The lowest BCUT2D eigenvalue weighted by atomic mass is 10.2. The quantitative estimate of drug-likeness (QED) is 0.739. The molecule has 1 N–H and O–H groups in total. The van der Waals surface area contributed by atoms with Gasteiger partial charge in [-0.25, -0.2) is 8.78 Å². The summed E-state index contributed by atoms with van der Waals surface area (Å²) >= 11 is 0. The molecule has 0 bridgehead atoms. The fraction of sp³-hybridized carbons (Fsp3) is 0.571. The van der Waals surface area contributed by atoms with Crippen LogP contribution in [-0.4, -0.2) is 26.4 Å². The van der Waals surface area contributed by atoms with Crippen LogP contribution in [0.2, 0.25) is 0 Å². The van der Waals surface area contributed by atoms with Crippen LogP contribution in [0.4, 0.5) is 8.78 Å². The molecule has 0 aliphatic heterocycles. The molecule has 1 aromatic carbocycles. The number of benzene rings is 1. The van der Waals surface area contributed by atoms with Crippen molar-refractivity contribution in [1.82, 2.24) is 5.32 Å². The number of hydrogen-bond donors (Lipinski definition) is 1. The van der Waals surface area contributed by atoms with Gasteiger partial charge in [0.25, 0.3) is 0 Å². The van der Waals surface area contributed by atoms with Crippen LogP contribution in [0.5, 0.6) is 5.75 Å². The molecule has 0 heterocycles. The zero-order valence-electron chi connectivity index (χ0n) is 11.6. The second-order valence-electron chi connectivity index (χ2n) is 4.45. The maximum Gasteiger partial charge on any atom is 0.191 e. The summed E-state index contributed by atoms with van der Waals surface area (Å²) in [5.74, 6) is -1.71. The minimum Gasteiger partial charge on any atom is -0.482 e. The van der Waals surface area contributed by atoms with Gasteiger partial charge in [-0.3, -0.25) is 0 Å². The Morgan fingerprint density at radius 1 is 1.26 bits per heavy atom. The molecule has 108 valence electrons. The van der Waals surface area contributed by atoms with Crippen LogP contribution in [-0.2, 0) is 11.3 Å². The fourth-order valence-corrected chi connectivity index (χ4v) is 1.71. The van der Waals surface area contributed by atoms with E-state index in [1.807, 2.05) is 6.92 Å². The van der Waals surface area contributed by atoms with E-state index in [4.69, 9.17) is 9.47 Å². The Morgan fingerprint density at radius 3 is 2.42 bits per heavy atom. The van der Waals surface area contributed by atoms with Gasteiger partial charge in [0, 0.05) is 13.7 Å². The second-order valence-corrected chi connectivity index (χ2v) is 4.45. The van der Waals surface area contributed by atoms with E-state index in [9.17, 15) is 8.78 Å². The minimum atomic E-state index is -0.684. The zero-order chi connectivity index (χ0) is 14.3.